The fourth-order valence-corrected chi connectivity index (χ4v) is 9.28. The van der Waals surface area contributed by atoms with Crippen molar-refractivity contribution in [3.63, 3.8) is 0 Å². The number of fused-ring (bicyclic) bond motifs is 6. The van der Waals surface area contributed by atoms with Crippen LogP contribution in [0.15, 0.2) is 11.6 Å². The van der Waals surface area contributed by atoms with Gasteiger partial charge in [-0.1, -0.05) is 53.7 Å². The van der Waals surface area contributed by atoms with Gasteiger partial charge in [0.1, 0.15) is 0 Å². The average Bonchev–Trinajstić information content (AvgIpc) is 3.10. The SMILES string of the molecule is C.C[C@H]1CC[C@@]2(C)C(=C[C@H](C)[C@H]3C4CCC5(CCC(O)O5)[C@@]4(C)C[C@@H](C)[C@@H]32)C1. The molecule has 1 saturated heterocycles. The van der Waals surface area contributed by atoms with Crippen LogP contribution in [0, 0.1) is 46.3 Å². The molecule has 3 saturated carbocycles. The maximum absolute atomic E-state index is 10.2. The molecular formula is C26H44O2. The Morgan fingerprint density at radius 1 is 1.04 bits per heavy atom. The Morgan fingerprint density at radius 2 is 1.75 bits per heavy atom. The Labute approximate surface area is 173 Å². The molecule has 4 aliphatic carbocycles. The lowest BCUT2D eigenvalue weighted by Crippen LogP contribution is -2.58. The summed E-state index contributed by atoms with van der Waals surface area (Å²) in [5.41, 5.74) is 2.41. The van der Waals surface area contributed by atoms with Crippen LogP contribution in [-0.2, 0) is 4.74 Å². The third-order valence-electron chi connectivity index (χ3n) is 10.4. The normalized spacial score (nSPS) is 57.8. The molecule has 5 rings (SSSR count). The van der Waals surface area contributed by atoms with E-state index in [0.29, 0.717) is 11.3 Å². The lowest BCUT2D eigenvalue weighted by Gasteiger charge is -2.63. The standard InChI is InChI=1S/C25H40O2.CH4/c1-15-6-9-23(4)18(12-15)13-16(2)21-19-7-10-25(11-8-20(26)27-25)24(19,5)14-17(3)22(21)23;/h13,15-17,19-22,26H,6-12,14H2,1-5H3;1H4/t15-,16-,17+,19?,20?,21-,22-,23-,24-,25?;/m0./s1. The zero-order chi connectivity index (χ0) is 19.2. The first-order chi connectivity index (χ1) is 12.7. The summed E-state index contributed by atoms with van der Waals surface area (Å²) in [4.78, 5) is 0. The maximum Gasteiger partial charge on any atom is 0.155 e. The quantitative estimate of drug-likeness (QED) is 0.475. The first kappa shape index (κ1) is 20.9. The minimum Gasteiger partial charge on any atom is -0.368 e. The molecule has 1 N–H and O–H groups in total. The van der Waals surface area contributed by atoms with Crippen LogP contribution in [0.5, 0.6) is 0 Å². The Balaban J connectivity index is 0.00000192. The summed E-state index contributed by atoms with van der Waals surface area (Å²) < 4.78 is 6.33. The third-order valence-corrected chi connectivity index (χ3v) is 10.4. The monoisotopic (exact) mass is 388 g/mol. The number of hydrogen-bond donors (Lipinski definition) is 1. The van der Waals surface area contributed by atoms with E-state index in [1.165, 1.54) is 32.1 Å². The van der Waals surface area contributed by atoms with Crippen LogP contribution in [0.3, 0.4) is 0 Å². The topological polar surface area (TPSA) is 29.5 Å². The summed E-state index contributed by atoms with van der Waals surface area (Å²) in [7, 11) is 0. The highest BCUT2D eigenvalue weighted by atomic mass is 16.6. The summed E-state index contributed by atoms with van der Waals surface area (Å²) in [5.74, 6) is 4.68. The highest BCUT2D eigenvalue weighted by molar-refractivity contribution is 5.28. The summed E-state index contributed by atoms with van der Waals surface area (Å²) in [6.45, 7) is 12.7. The van der Waals surface area contributed by atoms with E-state index in [-0.39, 0.29) is 18.4 Å². The van der Waals surface area contributed by atoms with Gasteiger partial charge in [-0.3, -0.25) is 0 Å². The minimum absolute atomic E-state index is 0. The van der Waals surface area contributed by atoms with Gasteiger partial charge in [0.15, 0.2) is 6.29 Å². The summed E-state index contributed by atoms with van der Waals surface area (Å²) >= 11 is 0. The van der Waals surface area contributed by atoms with Crippen molar-refractivity contribution >= 4 is 0 Å². The second kappa shape index (κ2) is 6.58. The largest absolute Gasteiger partial charge is 0.368 e. The Hall–Kier alpha value is -0.340. The summed E-state index contributed by atoms with van der Waals surface area (Å²) in [5, 5.41) is 10.2. The minimum atomic E-state index is -0.527. The van der Waals surface area contributed by atoms with Gasteiger partial charge >= 0.3 is 0 Å². The molecule has 1 heterocycles. The van der Waals surface area contributed by atoms with E-state index in [4.69, 9.17) is 4.74 Å². The highest BCUT2D eigenvalue weighted by Crippen LogP contribution is 2.71. The van der Waals surface area contributed by atoms with E-state index in [9.17, 15) is 5.11 Å². The molecule has 5 aliphatic rings. The lowest BCUT2D eigenvalue weighted by atomic mass is 9.42. The van der Waals surface area contributed by atoms with Crippen molar-refractivity contribution in [2.75, 3.05) is 0 Å². The van der Waals surface area contributed by atoms with Crippen LogP contribution in [0.2, 0.25) is 0 Å². The lowest BCUT2D eigenvalue weighted by molar-refractivity contribution is -0.205. The first-order valence-electron chi connectivity index (χ1n) is 11.8. The molecule has 4 fully saturated rings. The average molecular weight is 389 g/mol. The van der Waals surface area contributed by atoms with Crippen LogP contribution in [0.4, 0.5) is 0 Å². The van der Waals surface area contributed by atoms with Crippen LogP contribution in [0.1, 0.15) is 93.4 Å². The highest BCUT2D eigenvalue weighted by Gasteiger charge is 2.68. The van der Waals surface area contributed by atoms with Gasteiger partial charge in [0, 0.05) is 11.8 Å². The zero-order valence-corrected chi connectivity index (χ0v) is 18.1. The molecule has 160 valence electrons. The van der Waals surface area contributed by atoms with Gasteiger partial charge in [0.2, 0.25) is 0 Å². The Bertz CT molecular complexity index is 655. The molecule has 0 aromatic carbocycles. The molecule has 0 aromatic rings. The number of aliphatic hydroxyl groups is 1. The van der Waals surface area contributed by atoms with Crippen LogP contribution < -0.4 is 0 Å². The van der Waals surface area contributed by atoms with E-state index in [0.717, 1.165) is 48.9 Å². The van der Waals surface area contributed by atoms with E-state index in [1.54, 1.807) is 5.57 Å². The zero-order valence-electron chi connectivity index (χ0n) is 18.1. The molecule has 0 aromatic heterocycles. The van der Waals surface area contributed by atoms with Gasteiger partial charge < -0.3 is 9.84 Å². The molecule has 0 bridgehead atoms. The van der Waals surface area contributed by atoms with Gasteiger partial charge in [-0.15, -0.1) is 0 Å². The van der Waals surface area contributed by atoms with E-state index in [1.807, 2.05) is 0 Å². The fraction of sp³-hybridized carbons (Fsp3) is 0.923. The number of hydrogen-bond acceptors (Lipinski definition) is 2. The molecule has 1 aliphatic heterocycles. The predicted molar refractivity (Wildman–Crippen MR) is 116 cm³/mol. The summed E-state index contributed by atoms with van der Waals surface area (Å²) in [6.07, 6.45) is 12.0. The molecule has 28 heavy (non-hydrogen) atoms. The molecular weight excluding hydrogens is 344 g/mol. The van der Waals surface area contributed by atoms with Gasteiger partial charge in [-0.05, 0) is 85.9 Å². The van der Waals surface area contributed by atoms with Crippen LogP contribution >= 0.6 is 0 Å². The predicted octanol–water partition coefficient (Wildman–Crippen LogP) is 6.58. The number of aliphatic hydroxyl groups excluding tert-OH is 1. The molecule has 2 heteroatoms. The van der Waals surface area contributed by atoms with Gasteiger partial charge in [-0.25, -0.2) is 0 Å². The van der Waals surface area contributed by atoms with Gasteiger partial charge in [-0.2, -0.15) is 0 Å². The molecule has 3 unspecified atom stereocenters. The molecule has 0 amide bonds. The Morgan fingerprint density at radius 3 is 2.43 bits per heavy atom. The smallest absolute Gasteiger partial charge is 0.155 e. The second-order valence-electron chi connectivity index (χ2n) is 11.8. The number of ether oxygens (including phenoxy) is 1. The summed E-state index contributed by atoms with van der Waals surface area (Å²) in [6, 6.07) is 0. The Kier molecular flexibility index (Phi) is 4.91. The van der Waals surface area contributed by atoms with Crippen molar-refractivity contribution in [2.24, 2.45) is 46.3 Å². The maximum atomic E-state index is 10.2. The number of allylic oxidation sites excluding steroid dienone is 2. The fourth-order valence-electron chi connectivity index (χ4n) is 9.28. The number of rotatable bonds is 0. The van der Waals surface area contributed by atoms with E-state index < -0.39 is 6.29 Å². The van der Waals surface area contributed by atoms with Gasteiger partial charge in [0.05, 0.1) is 5.60 Å². The van der Waals surface area contributed by atoms with Crippen molar-refractivity contribution in [3.05, 3.63) is 11.6 Å². The van der Waals surface area contributed by atoms with Crippen molar-refractivity contribution < 1.29 is 9.84 Å². The molecule has 2 nitrogen and oxygen atoms in total. The van der Waals surface area contributed by atoms with Crippen molar-refractivity contribution in [1.29, 1.82) is 0 Å². The first-order valence-corrected chi connectivity index (χ1v) is 11.8. The van der Waals surface area contributed by atoms with Gasteiger partial charge in [0.25, 0.3) is 0 Å². The van der Waals surface area contributed by atoms with Crippen LogP contribution in [-0.4, -0.2) is 17.0 Å². The van der Waals surface area contributed by atoms with E-state index in [2.05, 4.69) is 40.7 Å². The van der Waals surface area contributed by atoms with Crippen molar-refractivity contribution in [2.45, 2.75) is 105 Å². The van der Waals surface area contributed by atoms with Crippen LogP contribution in [0.25, 0.3) is 0 Å². The molecule has 1 spiro atoms. The second-order valence-corrected chi connectivity index (χ2v) is 11.8. The van der Waals surface area contributed by atoms with Crippen molar-refractivity contribution in [3.8, 4) is 0 Å². The third kappa shape index (κ3) is 2.52. The van der Waals surface area contributed by atoms with Crippen molar-refractivity contribution in [1.82, 2.24) is 0 Å². The molecule has 0 radical (unpaired) electrons. The van der Waals surface area contributed by atoms with E-state index >= 15 is 0 Å². The molecule has 10 atom stereocenters.